The van der Waals surface area contributed by atoms with Gasteiger partial charge in [0.1, 0.15) is 28.8 Å². The first kappa shape index (κ1) is 33.2. The fourth-order valence-corrected chi connectivity index (χ4v) is 6.63. The number of amides is 3. The topological polar surface area (TPSA) is 134 Å². The zero-order valence-electron chi connectivity index (χ0n) is 27.1. The Labute approximate surface area is 270 Å². The molecule has 5 atom stereocenters. The molecule has 0 bridgehead atoms. The van der Waals surface area contributed by atoms with Gasteiger partial charge < -0.3 is 30.1 Å². The smallest absolute Gasteiger partial charge is 0.408 e. The predicted molar refractivity (Wildman–Crippen MR) is 173 cm³/mol. The monoisotopic (exact) mass is 631 g/mol. The number of carbonyl (C=O) groups is 4. The van der Waals surface area contributed by atoms with Crippen molar-refractivity contribution >= 4 is 23.9 Å². The molecule has 10 nitrogen and oxygen atoms in total. The van der Waals surface area contributed by atoms with E-state index in [-0.39, 0.29) is 25.3 Å². The summed E-state index contributed by atoms with van der Waals surface area (Å²) >= 11 is 0. The summed E-state index contributed by atoms with van der Waals surface area (Å²) in [6, 6.07) is 15.8. The lowest BCUT2D eigenvalue weighted by Gasteiger charge is -2.31. The van der Waals surface area contributed by atoms with Crippen molar-refractivity contribution in [1.29, 1.82) is 0 Å². The molecule has 2 aromatic rings. The second kappa shape index (κ2) is 13.3. The van der Waals surface area contributed by atoms with Gasteiger partial charge in [-0.2, -0.15) is 0 Å². The number of aliphatic carboxylic acids is 1. The van der Waals surface area contributed by atoms with Gasteiger partial charge in [0.25, 0.3) is 0 Å². The van der Waals surface area contributed by atoms with Gasteiger partial charge in [0.05, 0.1) is 6.54 Å². The van der Waals surface area contributed by atoms with E-state index in [2.05, 4.69) is 10.6 Å². The van der Waals surface area contributed by atoms with Crippen molar-refractivity contribution in [3.8, 4) is 11.1 Å². The molecule has 1 saturated carbocycles. The summed E-state index contributed by atoms with van der Waals surface area (Å²) in [7, 11) is 1.55. The first-order valence-electron chi connectivity index (χ1n) is 16.1. The van der Waals surface area contributed by atoms with Gasteiger partial charge >= 0.3 is 12.1 Å². The zero-order valence-corrected chi connectivity index (χ0v) is 27.1. The molecule has 0 radical (unpaired) electrons. The van der Waals surface area contributed by atoms with Gasteiger partial charge in [-0.15, -0.1) is 0 Å². The number of hydrogen-bond acceptors (Lipinski definition) is 6. The summed E-state index contributed by atoms with van der Waals surface area (Å²) in [5, 5.41) is 15.7. The van der Waals surface area contributed by atoms with E-state index in [4.69, 9.17) is 9.47 Å². The van der Waals surface area contributed by atoms with Gasteiger partial charge in [0.15, 0.2) is 0 Å². The van der Waals surface area contributed by atoms with Crippen molar-refractivity contribution in [2.45, 2.75) is 94.5 Å². The van der Waals surface area contributed by atoms with Gasteiger partial charge in [-0.25, -0.2) is 9.59 Å². The van der Waals surface area contributed by atoms with Crippen molar-refractivity contribution < 1.29 is 33.8 Å². The molecule has 2 fully saturated rings. The predicted octanol–water partition coefficient (Wildman–Crippen LogP) is 5.17. The van der Waals surface area contributed by atoms with Gasteiger partial charge in [0.2, 0.25) is 11.8 Å². The Kier molecular flexibility index (Phi) is 9.58. The maximum Gasteiger partial charge on any atom is 0.408 e. The number of rotatable bonds is 5. The zero-order chi connectivity index (χ0) is 33.1. The van der Waals surface area contributed by atoms with Crippen LogP contribution in [-0.4, -0.2) is 70.8 Å². The molecule has 5 rings (SSSR count). The average molecular weight is 632 g/mol. The standard InChI is InChI=1S/C36H45N3O7/c1-34(2,3)46-33(44)37-28-16-12-7-5-6-11-15-27-21-36(27,32(42)43)38-30(40)29-22-35(45-4,23-39(29)31(28)41)26-19-17-25(18-20-26)24-13-9-8-10-14-24/h8-11,13-15,17-20,27-29H,5-7,12,16,21-23H2,1-4H3,(H,37,44)(H,38,40)(H,42,43)/b15-11-/t27-,28+,29+,35+,36-/m1/s1. The number of hydrogen-bond donors (Lipinski definition) is 3. The number of carboxylic acid groups (broad SMARTS) is 1. The summed E-state index contributed by atoms with van der Waals surface area (Å²) in [6.45, 7) is 5.29. The fourth-order valence-electron chi connectivity index (χ4n) is 6.63. The van der Waals surface area contributed by atoms with Crippen molar-refractivity contribution in [2.75, 3.05) is 13.7 Å². The molecule has 3 amide bonds. The summed E-state index contributed by atoms with van der Waals surface area (Å²) in [5.74, 6) is -2.42. The number of ether oxygens (including phenoxy) is 2. The van der Waals surface area contributed by atoms with Gasteiger partial charge in [-0.1, -0.05) is 79.6 Å². The third-order valence-electron chi connectivity index (χ3n) is 9.28. The third kappa shape index (κ3) is 7.12. The SMILES string of the molecule is CO[C@@]1(c2ccc(-c3ccccc3)cc2)C[C@H]2C(=O)N[C@]3(C(=O)O)C[C@H]3/C=C\CCCCC[C@H](NC(=O)OC(C)(C)C)C(=O)N2C1. The van der Waals surface area contributed by atoms with Gasteiger partial charge in [-0.3, -0.25) is 9.59 Å². The van der Waals surface area contributed by atoms with Crippen LogP contribution in [0.2, 0.25) is 0 Å². The van der Waals surface area contributed by atoms with E-state index in [9.17, 15) is 24.3 Å². The summed E-state index contributed by atoms with van der Waals surface area (Å²) in [6.07, 6.45) is 6.98. The van der Waals surface area contributed by atoms with E-state index in [0.717, 1.165) is 36.0 Å². The number of benzene rings is 2. The number of nitrogens with zero attached hydrogens (tertiary/aromatic N) is 1. The molecule has 3 N–H and O–H groups in total. The number of nitrogens with one attached hydrogen (secondary N) is 2. The maximum absolute atomic E-state index is 14.4. The summed E-state index contributed by atoms with van der Waals surface area (Å²) in [4.78, 5) is 55.2. The Hall–Kier alpha value is -4.18. The van der Waals surface area contributed by atoms with Crippen molar-refractivity contribution in [3.05, 3.63) is 72.3 Å². The van der Waals surface area contributed by atoms with E-state index < -0.39 is 52.7 Å². The average Bonchev–Trinajstić information content (AvgIpc) is 3.57. The maximum atomic E-state index is 14.4. The Bertz CT molecular complexity index is 1470. The van der Waals surface area contributed by atoms with Crippen LogP contribution in [0, 0.1) is 5.92 Å². The van der Waals surface area contributed by atoms with Crippen LogP contribution >= 0.6 is 0 Å². The lowest BCUT2D eigenvalue weighted by molar-refractivity contribution is -0.145. The number of carbonyl (C=O) groups excluding carboxylic acids is 3. The highest BCUT2D eigenvalue weighted by atomic mass is 16.6. The first-order chi connectivity index (χ1) is 21.9. The largest absolute Gasteiger partial charge is 0.479 e. The van der Waals surface area contributed by atoms with Crippen LogP contribution in [0.3, 0.4) is 0 Å². The Morgan fingerprint density at radius 1 is 0.978 bits per heavy atom. The number of allylic oxidation sites excluding steroid dienone is 1. The highest BCUT2D eigenvalue weighted by Gasteiger charge is 2.62. The molecule has 246 valence electrons. The Morgan fingerprint density at radius 2 is 1.67 bits per heavy atom. The Morgan fingerprint density at radius 3 is 2.33 bits per heavy atom. The minimum absolute atomic E-state index is 0.0427. The third-order valence-corrected chi connectivity index (χ3v) is 9.28. The number of fused-ring (bicyclic) bond motifs is 2. The molecular weight excluding hydrogens is 586 g/mol. The van der Waals surface area contributed by atoms with Gasteiger partial charge in [0, 0.05) is 19.4 Å². The number of methoxy groups -OCH3 is 1. The highest BCUT2D eigenvalue weighted by Crippen LogP contribution is 2.46. The lowest BCUT2D eigenvalue weighted by atomic mass is 9.89. The van der Waals surface area contributed by atoms with Gasteiger partial charge in [-0.05, 0) is 63.1 Å². The molecule has 0 aromatic heterocycles. The van der Waals surface area contributed by atoms with Crippen LogP contribution in [0.5, 0.6) is 0 Å². The second-order valence-corrected chi connectivity index (χ2v) is 13.7. The lowest BCUT2D eigenvalue weighted by Crippen LogP contribution is -2.56. The number of carboxylic acids is 1. The molecule has 10 heteroatoms. The molecule has 2 aliphatic heterocycles. The normalized spacial score (nSPS) is 29.3. The van der Waals surface area contributed by atoms with Crippen molar-refractivity contribution in [1.82, 2.24) is 15.5 Å². The fraction of sp³-hybridized carbons (Fsp3) is 0.500. The summed E-state index contributed by atoms with van der Waals surface area (Å²) in [5.41, 5.74) is -0.389. The van der Waals surface area contributed by atoms with E-state index in [1.165, 1.54) is 4.90 Å². The van der Waals surface area contributed by atoms with Crippen LogP contribution in [0.1, 0.15) is 71.3 Å². The highest BCUT2D eigenvalue weighted by molar-refractivity contribution is 5.96. The minimum Gasteiger partial charge on any atom is -0.479 e. The molecule has 2 heterocycles. The molecule has 0 spiro atoms. The molecule has 46 heavy (non-hydrogen) atoms. The molecule has 1 aliphatic carbocycles. The van der Waals surface area contributed by atoms with E-state index in [0.29, 0.717) is 12.8 Å². The van der Waals surface area contributed by atoms with Crippen molar-refractivity contribution in [3.63, 3.8) is 0 Å². The molecule has 2 aromatic carbocycles. The molecule has 0 unspecified atom stereocenters. The van der Waals surface area contributed by atoms with Crippen LogP contribution in [0.15, 0.2) is 66.7 Å². The molecular formula is C36H45N3O7. The Balaban J connectivity index is 1.50. The van der Waals surface area contributed by atoms with E-state index in [1.54, 1.807) is 27.9 Å². The van der Waals surface area contributed by atoms with Crippen molar-refractivity contribution in [2.24, 2.45) is 5.92 Å². The van der Waals surface area contributed by atoms with E-state index in [1.807, 2.05) is 66.7 Å². The quantitative estimate of drug-likeness (QED) is 0.388. The van der Waals surface area contributed by atoms with Crippen LogP contribution in [-0.2, 0) is 29.5 Å². The summed E-state index contributed by atoms with van der Waals surface area (Å²) < 4.78 is 11.6. The van der Waals surface area contributed by atoms with E-state index >= 15 is 0 Å². The van der Waals surface area contributed by atoms with Crippen LogP contribution < -0.4 is 10.6 Å². The first-order valence-corrected chi connectivity index (χ1v) is 16.1. The van der Waals surface area contributed by atoms with Crippen LogP contribution in [0.4, 0.5) is 4.79 Å². The minimum atomic E-state index is -1.42. The second-order valence-electron chi connectivity index (χ2n) is 13.7. The number of alkyl carbamates (subject to hydrolysis) is 1. The molecule has 3 aliphatic rings. The van der Waals surface area contributed by atoms with Crippen LogP contribution in [0.25, 0.3) is 11.1 Å². The molecule has 1 saturated heterocycles.